The zero-order valence-electron chi connectivity index (χ0n) is 6.74. The summed E-state index contributed by atoms with van der Waals surface area (Å²) in [6.45, 7) is 0. The van der Waals surface area contributed by atoms with Gasteiger partial charge in [0.15, 0.2) is 0 Å². The molecule has 0 unspecified atom stereocenters. The molecule has 0 aromatic carbocycles. The smallest absolute Gasteiger partial charge is 0.00895 e. The summed E-state index contributed by atoms with van der Waals surface area (Å²) in [5.74, 6) is 0. The van der Waals surface area contributed by atoms with E-state index in [4.69, 9.17) is 0 Å². The maximum Gasteiger partial charge on any atom is -0.00895 e. The molecule has 1 rings (SSSR count). The van der Waals surface area contributed by atoms with E-state index in [1.54, 1.807) is 21.7 Å². The Labute approximate surface area is 75.0 Å². The van der Waals surface area contributed by atoms with E-state index in [0.29, 0.717) is 21.2 Å². The number of hydrogen-bond acceptors (Lipinski definition) is 0. The van der Waals surface area contributed by atoms with Crippen LogP contribution < -0.4 is 0 Å². The Kier molecular flexibility index (Phi) is 5.68. The van der Waals surface area contributed by atoms with Gasteiger partial charge in [0.25, 0.3) is 0 Å². The first-order valence-corrected chi connectivity index (χ1v) is 7.59. The minimum absolute atomic E-state index is 0.640. The molecule has 1 saturated heterocycles. The van der Waals surface area contributed by atoms with Crippen LogP contribution in [0.15, 0.2) is 0 Å². The van der Waals surface area contributed by atoms with Crippen LogP contribution >= 0.6 is 21.2 Å². The predicted octanol–water partition coefficient (Wildman–Crippen LogP) is 3.70. The van der Waals surface area contributed by atoms with Crippen molar-refractivity contribution in [1.29, 1.82) is 0 Å². The normalized spacial score (nSPS) is 24.0. The van der Waals surface area contributed by atoms with E-state index in [2.05, 4.69) is 0 Å². The highest BCUT2D eigenvalue weighted by Crippen LogP contribution is 2.20. The van der Waals surface area contributed by atoms with Gasteiger partial charge in [-0.3, -0.25) is 0 Å². The SMILES string of the molecule is C1CCCC[I]CCCC1. The molecule has 0 aliphatic carbocycles. The van der Waals surface area contributed by atoms with E-state index in [1.165, 1.54) is 32.1 Å². The van der Waals surface area contributed by atoms with Gasteiger partial charge in [-0.2, -0.15) is 21.2 Å². The van der Waals surface area contributed by atoms with Crippen molar-refractivity contribution in [3.05, 3.63) is 0 Å². The van der Waals surface area contributed by atoms with Gasteiger partial charge < -0.3 is 0 Å². The lowest BCUT2D eigenvalue weighted by Crippen LogP contribution is -1.87. The van der Waals surface area contributed by atoms with E-state index in [1.807, 2.05) is 0 Å². The topological polar surface area (TPSA) is 0 Å². The molecule has 0 spiro atoms. The molecule has 1 heterocycles. The summed E-state index contributed by atoms with van der Waals surface area (Å²) in [6.07, 6.45) is 10.7. The van der Waals surface area contributed by atoms with Crippen molar-refractivity contribution in [3.63, 3.8) is 0 Å². The van der Waals surface area contributed by atoms with Crippen molar-refractivity contribution in [1.82, 2.24) is 0 Å². The van der Waals surface area contributed by atoms with Crippen molar-refractivity contribution in [2.75, 3.05) is 8.86 Å². The molecule has 1 aliphatic heterocycles. The van der Waals surface area contributed by atoms with Crippen molar-refractivity contribution in [3.8, 4) is 0 Å². The van der Waals surface area contributed by atoms with Crippen LogP contribution in [0.5, 0.6) is 0 Å². The van der Waals surface area contributed by atoms with Gasteiger partial charge in [-0.25, -0.2) is 0 Å². The average molecular weight is 253 g/mol. The summed E-state index contributed by atoms with van der Waals surface area (Å²) in [5.41, 5.74) is 0. The Morgan fingerprint density at radius 3 is 1.40 bits per heavy atom. The first kappa shape index (κ1) is 8.82. The minimum atomic E-state index is 0.640. The monoisotopic (exact) mass is 253 g/mol. The lowest BCUT2D eigenvalue weighted by molar-refractivity contribution is 0.605. The predicted molar refractivity (Wildman–Crippen MR) is 56.1 cm³/mol. The van der Waals surface area contributed by atoms with Crippen LogP contribution in [0.4, 0.5) is 0 Å². The second kappa shape index (κ2) is 6.44. The lowest BCUT2D eigenvalue weighted by atomic mass is 10.1. The van der Waals surface area contributed by atoms with Gasteiger partial charge >= 0.3 is 0 Å². The van der Waals surface area contributed by atoms with E-state index in [-0.39, 0.29) is 0 Å². The van der Waals surface area contributed by atoms with Gasteiger partial charge in [0.2, 0.25) is 0 Å². The Morgan fingerprint density at radius 2 is 0.900 bits per heavy atom. The quantitative estimate of drug-likeness (QED) is 0.456. The number of rotatable bonds is 0. The van der Waals surface area contributed by atoms with Crippen LogP contribution in [0.1, 0.15) is 44.9 Å². The van der Waals surface area contributed by atoms with Crippen LogP contribution in [-0.4, -0.2) is 8.86 Å². The molecular weight excluding hydrogens is 235 g/mol. The first-order valence-electron chi connectivity index (χ1n) is 4.53. The number of alkyl halides is 2. The van der Waals surface area contributed by atoms with Crippen molar-refractivity contribution < 1.29 is 0 Å². The Hall–Kier alpha value is 0.730. The van der Waals surface area contributed by atoms with Crippen molar-refractivity contribution >= 4 is 21.2 Å². The molecule has 0 atom stereocenters. The van der Waals surface area contributed by atoms with Crippen LogP contribution in [0, 0.1) is 0 Å². The highest BCUT2D eigenvalue weighted by atomic mass is 127. The molecule has 0 bridgehead atoms. The number of halogens is 1. The van der Waals surface area contributed by atoms with Gasteiger partial charge in [-0.05, 0) is 21.7 Å². The van der Waals surface area contributed by atoms with Gasteiger partial charge in [0.1, 0.15) is 0 Å². The fourth-order valence-electron chi connectivity index (χ4n) is 1.36. The molecule has 0 aromatic heterocycles. The van der Waals surface area contributed by atoms with Gasteiger partial charge in [-0.1, -0.05) is 32.1 Å². The van der Waals surface area contributed by atoms with E-state index in [9.17, 15) is 0 Å². The maximum absolute atomic E-state index is 1.61. The minimum Gasteiger partial charge on any atom is -0.152 e. The zero-order valence-corrected chi connectivity index (χ0v) is 8.90. The van der Waals surface area contributed by atoms with Gasteiger partial charge in [0.05, 0.1) is 0 Å². The molecule has 1 heteroatoms. The summed E-state index contributed by atoms with van der Waals surface area (Å²) >= 11 is 0.640. The third-order valence-corrected chi connectivity index (χ3v) is 5.09. The summed E-state index contributed by atoms with van der Waals surface area (Å²) < 4.78 is 3.22. The van der Waals surface area contributed by atoms with E-state index < -0.39 is 0 Å². The van der Waals surface area contributed by atoms with Crippen molar-refractivity contribution in [2.45, 2.75) is 44.9 Å². The molecule has 0 aromatic rings. The molecule has 10 heavy (non-hydrogen) atoms. The third-order valence-electron chi connectivity index (χ3n) is 2.03. The molecule has 1 fully saturated rings. The van der Waals surface area contributed by atoms with Crippen LogP contribution in [0.25, 0.3) is 0 Å². The van der Waals surface area contributed by atoms with E-state index in [0.717, 1.165) is 0 Å². The number of hydrogen-bond donors (Lipinski definition) is 0. The summed E-state index contributed by atoms with van der Waals surface area (Å²) in [4.78, 5) is 0. The summed E-state index contributed by atoms with van der Waals surface area (Å²) in [5, 5.41) is 0. The third kappa shape index (κ3) is 4.53. The maximum atomic E-state index is 1.61. The van der Waals surface area contributed by atoms with Crippen molar-refractivity contribution in [2.24, 2.45) is 0 Å². The molecule has 61 valence electrons. The average Bonchev–Trinajstić information content (AvgIpc) is 2.01. The molecule has 0 amide bonds. The second-order valence-electron chi connectivity index (χ2n) is 3.04. The molecule has 1 radical (unpaired) electrons. The molecular formula is C9H18I. The van der Waals surface area contributed by atoms with E-state index >= 15 is 0 Å². The Morgan fingerprint density at radius 1 is 0.500 bits per heavy atom. The highest BCUT2D eigenvalue weighted by Gasteiger charge is 1.96. The molecule has 0 nitrogen and oxygen atoms in total. The molecule has 0 N–H and O–H groups in total. The zero-order chi connectivity index (χ0) is 7.07. The van der Waals surface area contributed by atoms with Crippen LogP contribution in [-0.2, 0) is 0 Å². The lowest BCUT2D eigenvalue weighted by Gasteiger charge is -2.05. The van der Waals surface area contributed by atoms with Crippen LogP contribution in [0.3, 0.4) is 0 Å². The standard InChI is InChI=1S/C9H18I/c1-2-4-6-8-10-9-7-5-3-1/h1-9H2. The molecule has 1 aliphatic rings. The summed E-state index contributed by atoms with van der Waals surface area (Å²) in [7, 11) is 0. The van der Waals surface area contributed by atoms with Gasteiger partial charge in [-0.15, -0.1) is 0 Å². The fourth-order valence-corrected chi connectivity index (χ4v) is 4.05. The highest BCUT2D eigenvalue weighted by molar-refractivity contribution is 14.2. The largest absolute Gasteiger partial charge is 0.152 e. The molecule has 0 saturated carbocycles. The fraction of sp³-hybridized carbons (Fsp3) is 1.00. The van der Waals surface area contributed by atoms with Gasteiger partial charge in [0, 0.05) is 0 Å². The summed E-state index contributed by atoms with van der Waals surface area (Å²) in [6, 6.07) is 0. The second-order valence-corrected chi connectivity index (χ2v) is 6.28. The Bertz CT molecular complexity index is 37.9. The Balaban J connectivity index is 2.00. The van der Waals surface area contributed by atoms with Crippen LogP contribution in [0.2, 0.25) is 0 Å². The first-order chi connectivity index (χ1) is 5.00.